The molecule has 0 fully saturated rings. The maximum absolute atomic E-state index is 3.81. The molecule has 0 saturated carbocycles. The first-order chi connectivity index (χ1) is 6.29. The Hall–Kier alpha value is -1.30. The molecule has 1 aromatic rings. The molecule has 13 heavy (non-hydrogen) atoms. The zero-order valence-corrected chi connectivity index (χ0v) is 8.38. The summed E-state index contributed by atoms with van der Waals surface area (Å²) in [5.41, 5.74) is 3.84. The normalized spacial score (nSPS) is 11.4. The molecule has 0 spiro atoms. The summed E-state index contributed by atoms with van der Waals surface area (Å²) >= 11 is 0. The van der Waals surface area contributed by atoms with Gasteiger partial charge in [0.2, 0.25) is 0 Å². The van der Waals surface area contributed by atoms with E-state index in [-0.39, 0.29) is 0 Å². The van der Waals surface area contributed by atoms with Gasteiger partial charge in [-0.1, -0.05) is 49.9 Å². The zero-order valence-electron chi connectivity index (χ0n) is 8.38. The molecule has 0 aliphatic heterocycles. The Morgan fingerprint density at radius 2 is 2.08 bits per heavy atom. The van der Waals surface area contributed by atoms with Gasteiger partial charge in [0.15, 0.2) is 0 Å². The van der Waals surface area contributed by atoms with Crippen molar-refractivity contribution in [2.24, 2.45) is 0 Å². The van der Waals surface area contributed by atoms with E-state index in [1.807, 2.05) is 12.1 Å². The lowest BCUT2D eigenvalue weighted by Gasteiger charge is -2.05. The van der Waals surface area contributed by atoms with Gasteiger partial charge in [-0.15, -0.1) is 0 Å². The second-order valence-corrected chi connectivity index (χ2v) is 3.09. The largest absolute Gasteiger partial charge is 0.0984 e. The number of allylic oxidation sites excluding steroid dienone is 2. The smallest absolute Gasteiger partial charge is 0.0158 e. The van der Waals surface area contributed by atoms with Crippen LogP contribution in [0.4, 0.5) is 0 Å². The Kier molecular flexibility index (Phi) is 3.51. The Balaban J connectivity index is 3.12. The summed E-state index contributed by atoms with van der Waals surface area (Å²) in [5, 5.41) is 0. The summed E-state index contributed by atoms with van der Waals surface area (Å²) in [6.07, 6.45) is 5.22. The van der Waals surface area contributed by atoms with Crippen molar-refractivity contribution >= 4 is 11.6 Å². The van der Waals surface area contributed by atoms with Gasteiger partial charge in [0.1, 0.15) is 0 Å². The molecule has 0 bridgehead atoms. The molecule has 0 heterocycles. The molecule has 0 unspecified atom stereocenters. The fourth-order valence-corrected chi connectivity index (χ4v) is 1.45. The Bertz CT molecular complexity index is 319. The third-order valence-electron chi connectivity index (χ3n) is 2.12. The first kappa shape index (κ1) is 9.79. The van der Waals surface area contributed by atoms with E-state index in [0.717, 1.165) is 6.42 Å². The van der Waals surface area contributed by atoms with Gasteiger partial charge >= 0.3 is 0 Å². The van der Waals surface area contributed by atoms with Crippen LogP contribution in [0.25, 0.3) is 11.6 Å². The van der Waals surface area contributed by atoms with Gasteiger partial charge in [-0.25, -0.2) is 0 Å². The van der Waals surface area contributed by atoms with Crippen molar-refractivity contribution in [3.05, 3.63) is 48.0 Å². The van der Waals surface area contributed by atoms with Gasteiger partial charge in [-0.2, -0.15) is 0 Å². The lowest BCUT2D eigenvalue weighted by molar-refractivity contribution is 1.22. The third-order valence-corrected chi connectivity index (χ3v) is 2.12. The second-order valence-electron chi connectivity index (χ2n) is 3.09. The number of hydrogen-bond acceptors (Lipinski definition) is 0. The van der Waals surface area contributed by atoms with Crippen molar-refractivity contribution in [1.82, 2.24) is 0 Å². The third kappa shape index (κ3) is 2.32. The minimum absolute atomic E-state index is 1.08. The summed E-state index contributed by atoms with van der Waals surface area (Å²) in [7, 11) is 0. The van der Waals surface area contributed by atoms with Crippen LogP contribution in [-0.4, -0.2) is 0 Å². The highest BCUT2D eigenvalue weighted by atomic mass is 14.0. The molecule has 1 rings (SSSR count). The summed E-state index contributed by atoms with van der Waals surface area (Å²) in [6.45, 7) is 8.10. The van der Waals surface area contributed by atoms with E-state index >= 15 is 0 Å². The van der Waals surface area contributed by atoms with Crippen molar-refractivity contribution in [3.8, 4) is 0 Å². The summed E-state index contributed by atoms with van der Waals surface area (Å²) in [4.78, 5) is 0. The molecule has 0 saturated heterocycles. The number of benzene rings is 1. The van der Waals surface area contributed by atoms with E-state index in [9.17, 15) is 0 Å². The van der Waals surface area contributed by atoms with Crippen LogP contribution in [0.3, 0.4) is 0 Å². The van der Waals surface area contributed by atoms with Crippen LogP contribution in [0.5, 0.6) is 0 Å². The van der Waals surface area contributed by atoms with Gasteiger partial charge in [0, 0.05) is 0 Å². The molecule has 0 amide bonds. The van der Waals surface area contributed by atoms with Crippen molar-refractivity contribution in [2.75, 3.05) is 0 Å². The van der Waals surface area contributed by atoms with E-state index in [2.05, 4.69) is 44.7 Å². The van der Waals surface area contributed by atoms with Crippen molar-refractivity contribution in [2.45, 2.75) is 20.3 Å². The summed E-state index contributed by atoms with van der Waals surface area (Å²) in [5.74, 6) is 0. The van der Waals surface area contributed by atoms with E-state index in [4.69, 9.17) is 0 Å². The molecule has 1 aromatic carbocycles. The van der Waals surface area contributed by atoms with Crippen molar-refractivity contribution < 1.29 is 0 Å². The van der Waals surface area contributed by atoms with Gasteiger partial charge in [0.05, 0.1) is 0 Å². The summed E-state index contributed by atoms with van der Waals surface area (Å²) in [6, 6.07) is 8.34. The Morgan fingerprint density at radius 3 is 2.69 bits per heavy atom. The average molecular weight is 172 g/mol. The molecule has 0 heteroatoms. The molecule has 0 aliphatic rings. The quantitative estimate of drug-likeness (QED) is 0.642. The molecule has 68 valence electrons. The molecule has 0 aromatic heterocycles. The molecule has 0 nitrogen and oxygen atoms in total. The van der Waals surface area contributed by atoms with Gasteiger partial charge in [0.25, 0.3) is 0 Å². The molecular weight excluding hydrogens is 156 g/mol. The minimum Gasteiger partial charge on any atom is -0.0984 e. The average Bonchev–Trinajstić information content (AvgIpc) is 2.18. The maximum atomic E-state index is 3.81. The van der Waals surface area contributed by atoms with E-state index in [1.165, 1.54) is 16.7 Å². The van der Waals surface area contributed by atoms with Crippen LogP contribution in [0.2, 0.25) is 0 Å². The summed E-state index contributed by atoms with van der Waals surface area (Å²) < 4.78 is 0. The van der Waals surface area contributed by atoms with Gasteiger partial charge < -0.3 is 0 Å². The van der Waals surface area contributed by atoms with Crippen LogP contribution < -0.4 is 0 Å². The van der Waals surface area contributed by atoms with Gasteiger partial charge in [-0.05, 0) is 30.0 Å². The molecule has 0 N–H and O–H groups in total. The molecular formula is C13H16. The van der Waals surface area contributed by atoms with Crippen LogP contribution in [0.15, 0.2) is 36.9 Å². The Morgan fingerprint density at radius 1 is 1.38 bits per heavy atom. The topological polar surface area (TPSA) is 0 Å². The van der Waals surface area contributed by atoms with Crippen LogP contribution in [-0.2, 0) is 0 Å². The number of hydrogen-bond donors (Lipinski definition) is 0. The zero-order chi connectivity index (χ0) is 9.68. The van der Waals surface area contributed by atoms with E-state index in [1.54, 1.807) is 0 Å². The standard InChI is InChI=1S/C13H16/c1-4-8-11(3)13-10-7-6-9-12(13)5-2/h5-10H,2,4H2,1,3H3/b11-8+. The monoisotopic (exact) mass is 172 g/mol. The minimum atomic E-state index is 1.08. The molecule has 0 radical (unpaired) electrons. The fourth-order valence-electron chi connectivity index (χ4n) is 1.45. The number of rotatable bonds is 3. The van der Waals surface area contributed by atoms with Crippen LogP contribution >= 0.6 is 0 Å². The molecule has 0 aliphatic carbocycles. The Labute approximate surface area is 80.6 Å². The highest BCUT2D eigenvalue weighted by Crippen LogP contribution is 2.19. The first-order valence-corrected chi connectivity index (χ1v) is 4.68. The lowest BCUT2D eigenvalue weighted by atomic mass is 10.0. The van der Waals surface area contributed by atoms with Gasteiger partial charge in [-0.3, -0.25) is 0 Å². The van der Waals surface area contributed by atoms with Crippen LogP contribution in [0.1, 0.15) is 31.4 Å². The second kappa shape index (κ2) is 4.66. The van der Waals surface area contributed by atoms with E-state index < -0.39 is 0 Å². The highest BCUT2D eigenvalue weighted by Gasteiger charge is 1.98. The lowest BCUT2D eigenvalue weighted by Crippen LogP contribution is -1.84. The highest BCUT2D eigenvalue weighted by molar-refractivity contribution is 5.72. The van der Waals surface area contributed by atoms with Crippen LogP contribution in [0, 0.1) is 0 Å². The SMILES string of the molecule is C=Cc1ccccc1/C(C)=C/CC. The first-order valence-electron chi connectivity index (χ1n) is 4.68. The predicted octanol–water partition coefficient (Wildman–Crippen LogP) is 4.14. The molecule has 0 atom stereocenters. The van der Waals surface area contributed by atoms with E-state index in [0.29, 0.717) is 0 Å². The predicted molar refractivity (Wildman–Crippen MR) is 60.5 cm³/mol. The fraction of sp³-hybridized carbons (Fsp3) is 0.231. The van der Waals surface area contributed by atoms with Crippen molar-refractivity contribution in [3.63, 3.8) is 0 Å². The van der Waals surface area contributed by atoms with Crippen molar-refractivity contribution in [1.29, 1.82) is 0 Å². The maximum Gasteiger partial charge on any atom is -0.0158 e.